The van der Waals surface area contributed by atoms with E-state index in [0.29, 0.717) is 16.4 Å². The summed E-state index contributed by atoms with van der Waals surface area (Å²) in [7, 11) is 0. The summed E-state index contributed by atoms with van der Waals surface area (Å²) < 4.78 is 0. The molecule has 1 aromatic carbocycles. The highest BCUT2D eigenvalue weighted by Gasteiger charge is 2.29. The summed E-state index contributed by atoms with van der Waals surface area (Å²) >= 11 is 5.96. The maximum absolute atomic E-state index is 9.74. The summed E-state index contributed by atoms with van der Waals surface area (Å²) in [6, 6.07) is 7.10. The molecular formula is C16H20ClN3O5. The SMILES string of the molecule is Cc1cc(N/N=C/[C@H](O)[C@@H](O)[C@H](O)[C@H](O)CO)nc2cc(Cl)ccc12. The Morgan fingerprint density at radius 3 is 2.60 bits per heavy atom. The fourth-order valence-corrected chi connectivity index (χ4v) is 2.40. The van der Waals surface area contributed by atoms with Gasteiger partial charge in [0.2, 0.25) is 0 Å². The van der Waals surface area contributed by atoms with Gasteiger partial charge in [-0.2, -0.15) is 5.10 Å². The van der Waals surface area contributed by atoms with Gasteiger partial charge in [0.05, 0.1) is 18.3 Å². The standard InChI is InChI=1S/C16H20ClN3O5/c1-8-4-14(19-11-5-9(17)2-3-10(8)11)20-18-6-12(22)15(24)16(25)13(23)7-21/h2-6,12-13,15-16,21-25H,7H2,1H3,(H,19,20)/b18-6+/t12-,13+,15+,16+/m0/s1. The second-order valence-corrected chi connectivity index (χ2v) is 6.03. The van der Waals surface area contributed by atoms with Crippen LogP contribution in [0.1, 0.15) is 5.56 Å². The summed E-state index contributed by atoms with van der Waals surface area (Å²) in [5, 5.41) is 52.2. The average molecular weight is 370 g/mol. The van der Waals surface area contributed by atoms with Gasteiger partial charge in [-0.1, -0.05) is 17.7 Å². The number of aliphatic hydroxyl groups excluding tert-OH is 5. The number of aromatic nitrogens is 1. The van der Waals surface area contributed by atoms with E-state index in [0.717, 1.165) is 17.2 Å². The van der Waals surface area contributed by atoms with Gasteiger partial charge in [-0.25, -0.2) is 4.98 Å². The van der Waals surface area contributed by atoms with E-state index in [1.165, 1.54) is 0 Å². The molecule has 0 saturated carbocycles. The van der Waals surface area contributed by atoms with E-state index >= 15 is 0 Å². The van der Waals surface area contributed by atoms with Crippen LogP contribution in [0, 0.1) is 6.92 Å². The largest absolute Gasteiger partial charge is 0.394 e. The number of rotatable bonds is 7. The zero-order valence-electron chi connectivity index (χ0n) is 13.4. The number of hydrazone groups is 1. The fraction of sp³-hybridized carbons (Fsp3) is 0.375. The number of halogens is 1. The molecule has 25 heavy (non-hydrogen) atoms. The minimum Gasteiger partial charge on any atom is -0.394 e. The van der Waals surface area contributed by atoms with E-state index in [1.54, 1.807) is 18.2 Å². The number of nitrogens with zero attached hydrogens (tertiary/aromatic N) is 2. The van der Waals surface area contributed by atoms with Crippen molar-refractivity contribution in [1.82, 2.24) is 4.98 Å². The number of nitrogens with one attached hydrogen (secondary N) is 1. The van der Waals surface area contributed by atoms with Crippen molar-refractivity contribution in [3.05, 3.63) is 34.9 Å². The maximum atomic E-state index is 9.74. The second-order valence-electron chi connectivity index (χ2n) is 5.60. The van der Waals surface area contributed by atoms with E-state index in [2.05, 4.69) is 15.5 Å². The number of aliphatic hydroxyl groups is 5. The lowest BCUT2D eigenvalue weighted by molar-refractivity contribution is -0.0999. The molecule has 136 valence electrons. The van der Waals surface area contributed by atoms with E-state index in [1.807, 2.05) is 13.0 Å². The Hall–Kier alpha value is -1.81. The van der Waals surface area contributed by atoms with Gasteiger partial charge in [-0.15, -0.1) is 0 Å². The minimum absolute atomic E-state index is 0.404. The minimum atomic E-state index is -1.71. The summed E-state index contributed by atoms with van der Waals surface area (Å²) in [5.41, 5.74) is 4.23. The molecule has 0 fully saturated rings. The normalized spacial score (nSPS) is 16.8. The number of aryl methyl sites for hydroxylation is 1. The van der Waals surface area contributed by atoms with Gasteiger partial charge in [-0.3, -0.25) is 5.43 Å². The van der Waals surface area contributed by atoms with E-state index < -0.39 is 31.0 Å². The van der Waals surface area contributed by atoms with Crippen LogP contribution in [0.2, 0.25) is 5.02 Å². The highest BCUT2D eigenvalue weighted by molar-refractivity contribution is 6.31. The van der Waals surface area contributed by atoms with Crippen LogP contribution in [0.3, 0.4) is 0 Å². The second kappa shape index (κ2) is 8.52. The first-order valence-corrected chi connectivity index (χ1v) is 7.90. The van der Waals surface area contributed by atoms with Crippen LogP contribution in [0.15, 0.2) is 29.4 Å². The van der Waals surface area contributed by atoms with E-state index in [9.17, 15) is 20.4 Å². The average Bonchev–Trinajstić information content (AvgIpc) is 2.59. The molecule has 2 aromatic rings. The molecule has 1 aromatic heterocycles. The molecule has 1 heterocycles. The zero-order valence-corrected chi connectivity index (χ0v) is 14.2. The van der Waals surface area contributed by atoms with Crippen molar-refractivity contribution in [3.63, 3.8) is 0 Å². The molecule has 0 radical (unpaired) electrons. The van der Waals surface area contributed by atoms with Gasteiger partial charge < -0.3 is 25.5 Å². The third kappa shape index (κ3) is 4.85. The van der Waals surface area contributed by atoms with Gasteiger partial charge in [-0.05, 0) is 30.7 Å². The molecule has 2 rings (SSSR count). The summed E-state index contributed by atoms with van der Waals surface area (Å²) in [6.45, 7) is 1.15. The number of hydrogen-bond acceptors (Lipinski definition) is 8. The Morgan fingerprint density at radius 1 is 1.20 bits per heavy atom. The number of fused-ring (bicyclic) bond motifs is 1. The maximum Gasteiger partial charge on any atom is 0.147 e. The third-order valence-corrected chi connectivity index (χ3v) is 3.90. The fourth-order valence-electron chi connectivity index (χ4n) is 2.24. The highest BCUT2D eigenvalue weighted by Crippen LogP contribution is 2.23. The van der Waals surface area contributed by atoms with Gasteiger partial charge in [0.15, 0.2) is 0 Å². The molecule has 0 aliphatic heterocycles. The number of anilines is 1. The highest BCUT2D eigenvalue weighted by atomic mass is 35.5. The molecule has 0 saturated heterocycles. The first kappa shape index (κ1) is 19.5. The van der Waals surface area contributed by atoms with Crippen molar-refractivity contribution in [1.29, 1.82) is 0 Å². The smallest absolute Gasteiger partial charge is 0.147 e. The van der Waals surface area contributed by atoms with Crippen molar-refractivity contribution in [2.45, 2.75) is 31.3 Å². The molecule has 0 spiro atoms. The van der Waals surface area contributed by atoms with Crippen LogP contribution < -0.4 is 5.43 Å². The molecule has 0 unspecified atom stereocenters. The van der Waals surface area contributed by atoms with E-state index in [4.69, 9.17) is 16.7 Å². The van der Waals surface area contributed by atoms with Gasteiger partial charge >= 0.3 is 0 Å². The van der Waals surface area contributed by atoms with Gasteiger partial charge in [0, 0.05) is 10.4 Å². The Kier molecular flexibility index (Phi) is 6.65. The van der Waals surface area contributed by atoms with Crippen LogP contribution in [0.4, 0.5) is 5.82 Å². The molecule has 8 nitrogen and oxygen atoms in total. The first-order valence-electron chi connectivity index (χ1n) is 7.52. The molecule has 0 aliphatic carbocycles. The lowest BCUT2D eigenvalue weighted by atomic mass is 10.0. The Balaban J connectivity index is 2.07. The van der Waals surface area contributed by atoms with Crippen LogP contribution >= 0.6 is 11.6 Å². The summed E-state index contributed by atoms with van der Waals surface area (Å²) in [5.74, 6) is 0.404. The Labute approximate surface area is 149 Å². The molecular weight excluding hydrogens is 350 g/mol. The quantitative estimate of drug-likeness (QED) is 0.299. The van der Waals surface area contributed by atoms with E-state index in [-0.39, 0.29) is 0 Å². The molecule has 9 heteroatoms. The Bertz CT molecular complexity index is 758. The van der Waals surface area contributed by atoms with Crippen LogP contribution in [-0.4, -0.2) is 67.8 Å². The predicted molar refractivity (Wildman–Crippen MR) is 94.7 cm³/mol. The van der Waals surface area contributed by atoms with Crippen molar-refractivity contribution < 1.29 is 25.5 Å². The molecule has 4 atom stereocenters. The zero-order chi connectivity index (χ0) is 18.6. The van der Waals surface area contributed by atoms with Crippen molar-refractivity contribution >= 4 is 34.5 Å². The van der Waals surface area contributed by atoms with Crippen LogP contribution in [0.5, 0.6) is 0 Å². The molecule has 0 aliphatic rings. The summed E-state index contributed by atoms with van der Waals surface area (Å²) in [6.07, 6.45) is -5.59. The predicted octanol–water partition coefficient (Wildman–Crippen LogP) is 0.0302. The Morgan fingerprint density at radius 2 is 1.92 bits per heavy atom. The van der Waals surface area contributed by atoms with Crippen molar-refractivity contribution in [2.24, 2.45) is 5.10 Å². The lowest BCUT2D eigenvalue weighted by Crippen LogP contribution is -2.46. The van der Waals surface area contributed by atoms with Gasteiger partial charge in [0.25, 0.3) is 0 Å². The lowest BCUT2D eigenvalue weighted by Gasteiger charge is -2.23. The molecule has 6 N–H and O–H groups in total. The number of pyridine rings is 1. The molecule has 0 amide bonds. The van der Waals surface area contributed by atoms with Crippen molar-refractivity contribution in [2.75, 3.05) is 12.0 Å². The summed E-state index contributed by atoms with van der Waals surface area (Å²) in [4.78, 5) is 4.34. The monoisotopic (exact) mass is 369 g/mol. The number of benzene rings is 1. The molecule has 0 bridgehead atoms. The first-order chi connectivity index (χ1) is 11.8. The van der Waals surface area contributed by atoms with Crippen molar-refractivity contribution in [3.8, 4) is 0 Å². The number of hydrogen-bond donors (Lipinski definition) is 6. The van der Waals surface area contributed by atoms with Gasteiger partial charge in [0.1, 0.15) is 30.2 Å². The topological polar surface area (TPSA) is 138 Å². The third-order valence-electron chi connectivity index (χ3n) is 3.67. The van der Waals surface area contributed by atoms with Crippen LogP contribution in [0.25, 0.3) is 10.9 Å². The van der Waals surface area contributed by atoms with Crippen LogP contribution in [-0.2, 0) is 0 Å².